The van der Waals surface area contributed by atoms with Gasteiger partial charge >= 0.3 is 0 Å². The Labute approximate surface area is 119 Å². The van der Waals surface area contributed by atoms with Gasteiger partial charge in [0.2, 0.25) is 0 Å². The van der Waals surface area contributed by atoms with Gasteiger partial charge < -0.3 is 9.96 Å². The normalized spacial score (nSPS) is 10.4. The first-order valence-corrected chi connectivity index (χ1v) is 6.09. The summed E-state index contributed by atoms with van der Waals surface area (Å²) in [5.74, 6) is 0. The number of hydrogen-bond acceptors (Lipinski definition) is 1. The standard InChI is InChI=1S/C12H28N.Na.H2O/c1-5-9-13(10-6-2,11-7-3)12-8-4;;/h5-12H2,1-4H3;;1H2/q+1;;/p-1. The van der Waals surface area contributed by atoms with Gasteiger partial charge in [0.15, 0.2) is 0 Å². The van der Waals surface area contributed by atoms with Gasteiger partial charge in [-0.3, -0.25) is 0 Å². The summed E-state index contributed by atoms with van der Waals surface area (Å²) in [4.78, 5) is 0. The van der Waals surface area contributed by atoms with Gasteiger partial charge in [-0.1, -0.05) is 27.7 Å². The van der Waals surface area contributed by atoms with Crippen molar-refractivity contribution in [3.8, 4) is 0 Å². The van der Waals surface area contributed by atoms with Crippen LogP contribution in [-0.2, 0) is 0 Å². The minimum Gasteiger partial charge on any atom is -0.870 e. The van der Waals surface area contributed by atoms with Crippen molar-refractivity contribution in [3.05, 3.63) is 0 Å². The van der Waals surface area contributed by atoms with Crippen LogP contribution in [0.5, 0.6) is 0 Å². The van der Waals surface area contributed by atoms with Gasteiger partial charge in [0, 0.05) is 29.6 Å². The van der Waals surface area contributed by atoms with E-state index in [1.165, 1.54) is 56.3 Å². The second kappa shape index (κ2) is 13.0. The summed E-state index contributed by atoms with van der Waals surface area (Å²) in [5.41, 5.74) is 0. The molecule has 0 aromatic carbocycles. The monoisotopic (exact) mass is 226 g/mol. The van der Waals surface area contributed by atoms with Crippen molar-refractivity contribution >= 4 is 29.6 Å². The molecule has 0 aromatic rings. The van der Waals surface area contributed by atoms with Gasteiger partial charge in [0.05, 0.1) is 26.2 Å². The summed E-state index contributed by atoms with van der Waals surface area (Å²) in [6, 6.07) is 0. The second-order valence-electron chi connectivity index (χ2n) is 4.24. The third kappa shape index (κ3) is 8.70. The van der Waals surface area contributed by atoms with E-state index in [1.807, 2.05) is 0 Å². The molecule has 0 atom stereocenters. The van der Waals surface area contributed by atoms with Crippen molar-refractivity contribution in [2.45, 2.75) is 53.4 Å². The van der Waals surface area contributed by atoms with E-state index in [2.05, 4.69) is 27.7 Å². The third-order valence-corrected chi connectivity index (χ3v) is 2.79. The molecule has 0 unspecified atom stereocenters. The second-order valence-corrected chi connectivity index (χ2v) is 4.24. The Morgan fingerprint density at radius 1 is 0.600 bits per heavy atom. The molecule has 0 bridgehead atoms. The van der Waals surface area contributed by atoms with Gasteiger partial charge in [-0.15, -0.1) is 0 Å². The molecule has 1 N–H and O–H groups in total. The first-order valence-electron chi connectivity index (χ1n) is 6.09. The predicted octanol–water partition coefficient (Wildman–Crippen LogP) is 2.89. The van der Waals surface area contributed by atoms with E-state index in [0.29, 0.717) is 0 Å². The smallest absolute Gasteiger partial charge is 0.0783 e. The van der Waals surface area contributed by atoms with Crippen molar-refractivity contribution in [1.29, 1.82) is 0 Å². The molecule has 0 amide bonds. The maximum absolute atomic E-state index is 2.31. The van der Waals surface area contributed by atoms with Crippen molar-refractivity contribution in [3.63, 3.8) is 0 Å². The molecule has 2 nitrogen and oxygen atoms in total. The summed E-state index contributed by atoms with van der Waals surface area (Å²) < 4.78 is 1.38. The average Bonchev–Trinajstić information content (AvgIpc) is 2.06. The molecule has 0 saturated carbocycles. The molecule has 0 aliphatic heterocycles. The first kappa shape index (κ1) is 21.2. The molecule has 89 valence electrons. The summed E-state index contributed by atoms with van der Waals surface area (Å²) >= 11 is 0. The minimum absolute atomic E-state index is 0. The van der Waals surface area contributed by atoms with E-state index in [1.54, 1.807) is 0 Å². The fraction of sp³-hybridized carbons (Fsp3) is 1.00. The average molecular weight is 226 g/mol. The Morgan fingerprint density at radius 2 is 0.800 bits per heavy atom. The summed E-state index contributed by atoms with van der Waals surface area (Å²) in [5, 5.41) is 0. The third-order valence-electron chi connectivity index (χ3n) is 2.79. The van der Waals surface area contributed by atoms with E-state index < -0.39 is 0 Å². The fourth-order valence-electron chi connectivity index (χ4n) is 2.57. The van der Waals surface area contributed by atoms with Crippen LogP contribution in [0.1, 0.15) is 53.4 Å². The summed E-state index contributed by atoms with van der Waals surface area (Å²) in [6.07, 6.45) is 5.33. The molecule has 0 aliphatic carbocycles. The van der Waals surface area contributed by atoms with E-state index >= 15 is 0 Å². The number of hydrogen-bond donors (Lipinski definition) is 0. The zero-order valence-electron chi connectivity index (χ0n) is 11.6. The van der Waals surface area contributed by atoms with Crippen LogP contribution >= 0.6 is 0 Å². The molecule has 0 aliphatic rings. The molecular weight excluding hydrogens is 197 g/mol. The van der Waals surface area contributed by atoms with Crippen LogP contribution in [0.3, 0.4) is 0 Å². The number of nitrogens with zero attached hydrogens (tertiary/aromatic N) is 1. The summed E-state index contributed by atoms with van der Waals surface area (Å²) in [6.45, 7) is 14.8. The maximum atomic E-state index is 2.31. The number of rotatable bonds is 8. The SMILES string of the molecule is CCC[N+](CCC)(CCC)CCC.[Na].[OH-]. The molecule has 3 heteroatoms. The van der Waals surface area contributed by atoms with Crippen molar-refractivity contribution < 1.29 is 9.96 Å². The van der Waals surface area contributed by atoms with Crippen molar-refractivity contribution in [2.24, 2.45) is 0 Å². The molecule has 0 saturated heterocycles. The predicted molar refractivity (Wildman–Crippen MR) is 68.6 cm³/mol. The Hall–Kier alpha value is 0.920. The van der Waals surface area contributed by atoms with Gasteiger partial charge in [0.1, 0.15) is 0 Å². The summed E-state index contributed by atoms with van der Waals surface area (Å²) in [7, 11) is 0. The Balaban J connectivity index is -0.000000720. The molecule has 0 spiro atoms. The maximum Gasteiger partial charge on any atom is 0.0783 e. The van der Waals surface area contributed by atoms with Crippen LogP contribution in [-0.4, -0.2) is 65.7 Å². The van der Waals surface area contributed by atoms with Crippen molar-refractivity contribution in [1.82, 2.24) is 0 Å². The molecule has 0 aromatic heterocycles. The Kier molecular flexibility index (Phi) is 18.4. The van der Waals surface area contributed by atoms with Gasteiger partial charge in [-0.05, 0) is 25.7 Å². The van der Waals surface area contributed by atoms with Gasteiger partial charge in [-0.2, -0.15) is 0 Å². The largest absolute Gasteiger partial charge is 0.870 e. The van der Waals surface area contributed by atoms with Crippen molar-refractivity contribution in [2.75, 3.05) is 26.2 Å². The zero-order chi connectivity index (χ0) is 10.2. The van der Waals surface area contributed by atoms with E-state index in [0.717, 1.165) is 0 Å². The van der Waals surface area contributed by atoms with E-state index in [4.69, 9.17) is 0 Å². The Bertz CT molecular complexity index is 90.7. The van der Waals surface area contributed by atoms with Gasteiger partial charge in [0.25, 0.3) is 0 Å². The first-order chi connectivity index (χ1) is 6.24. The van der Waals surface area contributed by atoms with Crippen LogP contribution in [0.25, 0.3) is 0 Å². The quantitative estimate of drug-likeness (QED) is 0.462. The van der Waals surface area contributed by atoms with Crippen LogP contribution in [0.2, 0.25) is 0 Å². The van der Waals surface area contributed by atoms with Crippen LogP contribution in [0.4, 0.5) is 0 Å². The van der Waals surface area contributed by atoms with Crippen LogP contribution in [0.15, 0.2) is 0 Å². The molecule has 0 rings (SSSR count). The Morgan fingerprint density at radius 3 is 0.933 bits per heavy atom. The molecule has 1 radical (unpaired) electrons. The minimum atomic E-state index is 0. The van der Waals surface area contributed by atoms with Crippen LogP contribution in [0, 0.1) is 0 Å². The molecule has 0 fully saturated rings. The van der Waals surface area contributed by atoms with Crippen LogP contribution < -0.4 is 0 Å². The van der Waals surface area contributed by atoms with Gasteiger partial charge in [-0.25, -0.2) is 0 Å². The van der Waals surface area contributed by atoms with E-state index in [9.17, 15) is 0 Å². The van der Waals surface area contributed by atoms with E-state index in [-0.39, 0.29) is 35.0 Å². The zero-order valence-corrected chi connectivity index (χ0v) is 13.6. The topological polar surface area (TPSA) is 30.0 Å². The molecular formula is C12H29NNaO. The molecule has 0 heterocycles. The fourth-order valence-corrected chi connectivity index (χ4v) is 2.57. The molecule has 15 heavy (non-hydrogen) atoms. The number of quaternary nitrogens is 1.